The zero-order valence-electron chi connectivity index (χ0n) is 12.9. The maximum absolute atomic E-state index is 12.3. The summed E-state index contributed by atoms with van der Waals surface area (Å²) < 4.78 is 37.0. The van der Waals surface area contributed by atoms with Gasteiger partial charge in [0.1, 0.15) is 0 Å². The summed E-state index contributed by atoms with van der Waals surface area (Å²) >= 11 is 0. The highest BCUT2D eigenvalue weighted by Crippen LogP contribution is 2.17. The number of rotatable bonds is 4. The quantitative estimate of drug-likeness (QED) is 0.844. The van der Waals surface area contributed by atoms with Crippen LogP contribution in [0.4, 0.5) is 13.2 Å². The Kier molecular flexibility index (Phi) is 5.61. The third-order valence-electron chi connectivity index (χ3n) is 3.70. The van der Waals surface area contributed by atoms with Crippen LogP contribution in [0.15, 0.2) is 30.3 Å². The molecular weight excluding hydrogens is 323 g/mol. The first-order chi connectivity index (χ1) is 11.2. The minimum Gasteiger partial charge on any atom is -0.366 e. The molecule has 1 aliphatic rings. The Hall–Kier alpha value is -2.35. The van der Waals surface area contributed by atoms with Gasteiger partial charge in [0.15, 0.2) is 0 Å². The lowest BCUT2D eigenvalue weighted by Gasteiger charge is -2.34. The molecule has 0 atom stereocenters. The second kappa shape index (κ2) is 7.48. The number of carbonyl (C=O) groups is 2. The molecule has 0 saturated carbocycles. The largest absolute Gasteiger partial charge is 0.401 e. The first kappa shape index (κ1) is 18.0. The molecule has 24 heavy (non-hydrogen) atoms. The Morgan fingerprint density at radius 1 is 1.08 bits per heavy atom. The van der Waals surface area contributed by atoms with Gasteiger partial charge in [-0.2, -0.15) is 13.2 Å². The van der Waals surface area contributed by atoms with Gasteiger partial charge in [-0.25, -0.2) is 0 Å². The number of piperazine rings is 1. The molecule has 2 N–H and O–H groups in total. The summed E-state index contributed by atoms with van der Waals surface area (Å²) in [4.78, 5) is 25.8. The highest BCUT2D eigenvalue weighted by molar-refractivity contribution is 5.94. The first-order valence-corrected chi connectivity index (χ1v) is 7.40. The second-order valence-electron chi connectivity index (χ2n) is 5.54. The van der Waals surface area contributed by atoms with Gasteiger partial charge in [-0.05, 0) is 23.8 Å². The van der Waals surface area contributed by atoms with Crippen LogP contribution in [0.3, 0.4) is 0 Å². The summed E-state index contributed by atoms with van der Waals surface area (Å²) in [5, 5.41) is 0. The van der Waals surface area contributed by atoms with Crippen molar-refractivity contribution in [1.82, 2.24) is 9.80 Å². The fraction of sp³-hybridized carbons (Fsp3) is 0.375. The lowest BCUT2D eigenvalue weighted by Crippen LogP contribution is -2.50. The maximum atomic E-state index is 12.3. The number of amides is 2. The summed E-state index contributed by atoms with van der Waals surface area (Å²) in [6.45, 7) is -0.0182. The van der Waals surface area contributed by atoms with E-state index < -0.39 is 18.6 Å². The van der Waals surface area contributed by atoms with Crippen molar-refractivity contribution in [3.05, 3.63) is 41.5 Å². The molecule has 2 rings (SSSR count). The first-order valence-electron chi connectivity index (χ1n) is 7.40. The molecule has 1 saturated heterocycles. The Labute approximate surface area is 137 Å². The predicted octanol–water partition coefficient (Wildman–Crippen LogP) is 1.51. The molecule has 130 valence electrons. The van der Waals surface area contributed by atoms with E-state index in [1.54, 1.807) is 30.3 Å². The van der Waals surface area contributed by atoms with Crippen LogP contribution in [0.1, 0.15) is 15.9 Å². The fourth-order valence-corrected chi connectivity index (χ4v) is 2.41. The molecule has 1 aromatic rings. The van der Waals surface area contributed by atoms with Crippen LogP contribution in [-0.4, -0.2) is 60.5 Å². The van der Waals surface area contributed by atoms with Gasteiger partial charge in [0, 0.05) is 37.8 Å². The number of halogens is 3. The molecule has 0 aliphatic carbocycles. The Morgan fingerprint density at radius 3 is 2.17 bits per heavy atom. The Balaban J connectivity index is 1.86. The average molecular weight is 341 g/mol. The van der Waals surface area contributed by atoms with Crippen molar-refractivity contribution in [2.75, 3.05) is 32.7 Å². The van der Waals surface area contributed by atoms with Crippen molar-refractivity contribution in [1.29, 1.82) is 0 Å². The highest BCUT2D eigenvalue weighted by atomic mass is 19.4. The van der Waals surface area contributed by atoms with Crippen LogP contribution in [0.5, 0.6) is 0 Å². The van der Waals surface area contributed by atoms with Gasteiger partial charge in [-0.1, -0.05) is 12.1 Å². The Bertz CT molecular complexity index is 618. The molecule has 5 nitrogen and oxygen atoms in total. The van der Waals surface area contributed by atoms with Gasteiger partial charge in [-0.3, -0.25) is 14.5 Å². The van der Waals surface area contributed by atoms with Crippen LogP contribution >= 0.6 is 0 Å². The lowest BCUT2D eigenvalue weighted by atomic mass is 10.1. The highest BCUT2D eigenvalue weighted by Gasteiger charge is 2.32. The molecular formula is C16H18F3N3O2. The van der Waals surface area contributed by atoms with Crippen LogP contribution < -0.4 is 5.73 Å². The van der Waals surface area contributed by atoms with Crippen molar-refractivity contribution in [3.63, 3.8) is 0 Å². The summed E-state index contributed by atoms with van der Waals surface area (Å²) in [7, 11) is 0. The molecule has 8 heteroatoms. The van der Waals surface area contributed by atoms with Crippen molar-refractivity contribution in [3.8, 4) is 0 Å². The third kappa shape index (κ3) is 5.38. The van der Waals surface area contributed by atoms with Gasteiger partial charge in [0.2, 0.25) is 11.8 Å². The predicted molar refractivity (Wildman–Crippen MR) is 83.1 cm³/mol. The molecule has 1 aliphatic heterocycles. The molecule has 1 fully saturated rings. The van der Waals surface area contributed by atoms with E-state index >= 15 is 0 Å². The summed E-state index contributed by atoms with van der Waals surface area (Å²) in [6.07, 6.45) is -1.25. The van der Waals surface area contributed by atoms with Gasteiger partial charge in [-0.15, -0.1) is 0 Å². The number of alkyl halides is 3. The number of nitrogens with two attached hydrogens (primary N) is 1. The molecule has 1 aromatic carbocycles. The fourth-order valence-electron chi connectivity index (χ4n) is 2.41. The summed E-state index contributed by atoms with van der Waals surface area (Å²) in [5.41, 5.74) is 6.24. The number of benzene rings is 1. The van der Waals surface area contributed by atoms with E-state index in [0.717, 1.165) is 5.56 Å². The molecule has 1 heterocycles. The van der Waals surface area contributed by atoms with E-state index in [4.69, 9.17) is 5.73 Å². The topological polar surface area (TPSA) is 66.6 Å². The average Bonchev–Trinajstić information content (AvgIpc) is 2.52. The van der Waals surface area contributed by atoms with Crippen LogP contribution in [0.25, 0.3) is 6.08 Å². The minimum absolute atomic E-state index is 0.201. The third-order valence-corrected chi connectivity index (χ3v) is 3.70. The van der Waals surface area contributed by atoms with Crippen LogP contribution in [-0.2, 0) is 4.79 Å². The monoisotopic (exact) mass is 341 g/mol. The van der Waals surface area contributed by atoms with Gasteiger partial charge >= 0.3 is 6.18 Å². The summed E-state index contributed by atoms with van der Waals surface area (Å²) in [5.74, 6) is -0.779. The minimum atomic E-state index is -4.22. The van der Waals surface area contributed by atoms with Gasteiger partial charge in [0.05, 0.1) is 6.54 Å². The maximum Gasteiger partial charge on any atom is 0.401 e. The van der Waals surface area contributed by atoms with Crippen LogP contribution in [0.2, 0.25) is 0 Å². The van der Waals surface area contributed by atoms with Crippen molar-refractivity contribution < 1.29 is 22.8 Å². The van der Waals surface area contributed by atoms with E-state index in [2.05, 4.69) is 0 Å². The zero-order chi connectivity index (χ0) is 17.7. The number of nitrogens with zero attached hydrogens (tertiary/aromatic N) is 2. The molecule has 0 unspecified atom stereocenters. The SMILES string of the molecule is NC(=O)c1ccc(/C=C/C(=O)N2CCN(CC(F)(F)F)CC2)cc1. The van der Waals surface area contributed by atoms with E-state index in [1.165, 1.54) is 15.9 Å². The lowest BCUT2D eigenvalue weighted by molar-refractivity contribution is -0.150. The molecule has 0 aromatic heterocycles. The van der Waals surface area contributed by atoms with Gasteiger partial charge < -0.3 is 10.6 Å². The van der Waals surface area contributed by atoms with Gasteiger partial charge in [0.25, 0.3) is 0 Å². The number of hydrogen-bond acceptors (Lipinski definition) is 3. The number of hydrogen-bond donors (Lipinski definition) is 1. The second-order valence-corrected chi connectivity index (χ2v) is 5.54. The zero-order valence-corrected chi connectivity index (χ0v) is 12.9. The Morgan fingerprint density at radius 2 is 1.67 bits per heavy atom. The number of primary amides is 1. The standard InChI is InChI=1S/C16H18F3N3O2/c17-16(18,19)11-21-7-9-22(10-8-21)14(23)6-3-12-1-4-13(5-2-12)15(20)24/h1-6H,7-11H2,(H2,20,24)/b6-3+. The smallest absolute Gasteiger partial charge is 0.366 e. The molecule has 0 radical (unpaired) electrons. The van der Waals surface area contributed by atoms with Crippen molar-refractivity contribution in [2.24, 2.45) is 5.73 Å². The van der Waals surface area contributed by atoms with E-state index in [1.807, 2.05) is 0 Å². The number of carbonyl (C=O) groups excluding carboxylic acids is 2. The normalized spacial score (nSPS) is 16.5. The molecule has 0 spiro atoms. The van der Waals surface area contributed by atoms with Crippen molar-refractivity contribution in [2.45, 2.75) is 6.18 Å². The molecule has 2 amide bonds. The summed E-state index contributed by atoms with van der Waals surface area (Å²) in [6, 6.07) is 6.43. The van der Waals surface area contributed by atoms with E-state index in [-0.39, 0.29) is 32.1 Å². The van der Waals surface area contributed by atoms with E-state index in [9.17, 15) is 22.8 Å². The van der Waals surface area contributed by atoms with Crippen molar-refractivity contribution >= 4 is 17.9 Å². The van der Waals surface area contributed by atoms with E-state index in [0.29, 0.717) is 5.56 Å². The molecule has 0 bridgehead atoms. The van der Waals surface area contributed by atoms with Crippen LogP contribution in [0, 0.1) is 0 Å².